The lowest BCUT2D eigenvalue weighted by Crippen LogP contribution is -2.52. The molecule has 0 radical (unpaired) electrons. The number of fused-ring (bicyclic) bond motifs is 4. The van der Waals surface area contributed by atoms with Crippen LogP contribution in [0.15, 0.2) is 77.3 Å². The second-order valence-electron chi connectivity index (χ2n) is 21.8. The minimum absolute atomic E-state index is 0.0313. The molecule has 4 aromatic rings. The van der Waals surface area contributed by atoms with Crippen LogP contribution in [0.3, 0.4) is 0 Å². The molecule has 0 saturated carbocycles. The molecule has 26 heteroatoms. The van der Waals surface area contributed by atoms with E-state index >= 15 is 0 Å². The minimum atomic E-state index is -0.869. The van der Waals surface area contributed by atoms with Gasteiger partial charge in [-0.25, -0.2) is 0 Å². The largest absolute Gasteiger partial charge is 0.481 e. The molecule has 4 atom stereocenters. The molecule has 4 aromatic carbocycles. The van der Waals surface area contributed by atoms with Crippen molar-refractivity contribution in [1.82, 2.24) is 40.9 Å². The molecule has 468 valence electrons. The van der Waals surface area contributed by atoms with Crippen LogP contribution in [-0.2, 0) is 82.2 Å². The number of aliphatic carboxylic acids is 1. The molecule has 0 aliphatic carbocycles. The Hall–Kier alpha value is -9.73. The summed E-state index contributed by atoms with van der Waals surface area (Å²) >= 11 is 3.37. The fourth-order valence-electron chi connectivity index (χ4n) is 11.4. The molecule has 0 aromatic heterocycles. The number of hydrogen-bond donors (Lipinski definition) is 8. The van der Waals surface area contributed by atoms with Gasteiger partial charge in [0.1, 0.15) is 37.4 Å². The summed E-state index contributed by atoms with van der Waals surface area (Å²) in [6.45, 7) is 1.21. The summed E-state index contributed by atoms with van der Waals surface area (Å²) in [5.41, 5.74) is 8.40. The normalized spacial score (nSPS) is 20.3. The maximum Gasteiger partial charge on any atom is 0.303 e. The Balaban J connectivity index is 0.000000152. The van der Waals surface area contributed by atoms with Crippen LogP contribution >= 0.6 is 15.9 Å². The van der Waals surface area contributed by atoms with Crippen LogP contribution in [-0.4, -0.2) is 161 Å². The number of nitrogens with one attached hydrogen (secondary N) is 4. The topological polar surface area (TPSA) is 364 Å². The van der Waals surface area contributed by atoms with Crippen LogP contribution < -0.4 is 21.3 Å². The van der Waals surface area contributed by atoms with E-state index in [0.717, 1.165) is 44.3 Å². The first kappa shape index (κ1) is 66.2. The monoisotopic (exact) mass is 1290 g/mol. The van der Waals surface area contributed by atoms with Crippen LogP contribution in [0, 0.1) is 24.2 Å². The third-order valence-electron chi connectivity index (χ3n) is 15.8. The number of carbonyl (C=O) groups excluding carboxylic acids is 12. The Morgan fingerprint density at radius 1 is 0.489 bits per heavy atom. The molecule has 12 amide bonds. The SMILES string of the molecule is C#CCO.O=C(O)CCc1ccc2c(c1)CN(C1CCC(=O)NC1=O)C2=O.O=C1CCC(N2Cc3cc(Br)ccc3C2=O)C(=O)N1.O=C1CCC(N2Cc3cc(C#CCO)ccc3C2=O)C(=O)N1.O=C1CCC(N2Cc3cc(CCCO)ccc3C2=O)C(=O)N1. The highest BCUT2D eigenvalue weighted by molar-refractivity contribution is 9.10. The van der Waals surface area contributed by atoms with Gasteiger partial charge in [-0.3, -0.25) is 83.6 Å². The van der Waals surface area contributed by atoms with Gasteiger partial charge in [0.2, 0.25) is 47.3 Å². The molecule has 25 nitrogen and oxygen atoms in total. The van der Waals surface area contributed by atoms with Gasteiger partial charge in [0.25, 0.3) is 23.6 Å². The van der Waals surface area contributed by atoms with E-state index < -0.39 is 47.9 Å². The van der Waals surface area contributed by atoms with Crippen LogP contribution in [0.4, 0.5) is 0 Å². The first-order valence-corrected chi connectivity index (χ1v) is 29.6. The lowest BCUT2D eigenvalue weighted by molar-refractivity contribution is -0.138. The Morgan fingerprint density at radius 2 is 0.833 bits per heavy atom. The van der Waals surface area contributed by atoms with Gasteiger partial charge in [-0.1, -0.05) is 58.0 Å². The van der Waals surface area contributed by atoms with E-state index in [1.807, 2.05) is 36.3 Å². The Labute approximate surface area is 524 Å². The van der Waals surface area contributed by atoms with Crippen molar-refractivity contribution in [2.45, 2.75) is 127 Å². The molecule has 0 spiro atoms. The van der Waals surface area contributed by atoms with Crippen molar-refractivity contribution in [3.8, 4) is 24.2 Å². The molecule has 4 unspecified atom stereocenters. The molecule has 4 saturated heterocycles. The van der Waals surface area contributed by atoms with Crippen LogP contribution in [0.2, 0.25) is 0 Å². The number of benzene rings is 4. The number of terminal acetylenes is 1. The fourth-order valence-corrected chi connectivity index (χ4v) is 11.8. The molecular formula is C64H63BrN8O17. The smallest absolute Gasteiger partial charge is 0.303 e. The third-order valence-corrected chi connectivity index (χ3v) is 16.3. The summed E-state index contributed by atoms with van der Waals surface area (Å²) in [5, 5.41) is 43.1. The van der Waals surface area contributed by atoms with Crippen LogP contribution in [0.25, 0.3) is 0 Å². The van der Waals surface area contributed by atoms with Crippen molar-refractivity contribution in [2.75, 3.05) is 19.8 Å². The second-order valence-corrected chi connectivity index (χ2v) is 22.7. The van der Waals surface area contributed by atoms with E-state index in [1.54, 1.807) is 52.3 Å². The van der Waals surface area contributed by atoms with E-state index in [9.17, 15) is 62.3 Å². The number of rotatable bonds is 10. The lowest BCUT2D eigenvalue weighted by Gasteiger charge is -2.29. The van der Waals surface area contributed by atoms with Gasteiger partial charge in [-0.05, 0) is 127 Å². The van der Waals surface area contributed by atoms with Gasteiger partial charge in [0, 0.05) is 97.2 Å². The minimum Gasteiger partial charge on any atom is -0.481 e. The number of amides is 12. The van der Waals surface area contributed by atoms with Crippen LogP contribution in [0.1, 0.15) is 145 Å². The predicted octanol–water partition coefficient (Wildman–Crippen LogP) is 1.45. The second kappa shape index (κ2) is 30.0. The molecule has 8 heterocycles. The predicted molar refractivity (Wildman–Crippen MR) is 319 cm³/mol. The average molecular weight is 1300 g/mol. The lowest BCUT2D eigenvalue weighted by atomic mass is 10.0. The summed E-state index contributed by atoms with van der Waals surface area (Å²) in [6, 6.07) is 19.2. The van der Waals surface area contributed by atoms with Gasteiger partial charge in [-0.2, -0.15) is 0 Å². The van der Waals surface area contributed by atoms with Gasteiger partial charge in [-0.15, -0.1) is 6.42 Å². The number of halogens is 1. The maximum absolute atomic E-state index is 12.5. The number of piperidine rings is 4. The first-order chi connectivity index (χ1) is 43.1. The zero-order chi connectivity index (χ0) is 64.9. The van der Waals surface area contributed by atoms with Crippen molar-refractivity contribution in [1.29, 1.82) is 0 Å². The summed E-state index contributed by atoms with van der Waals surface area (Å²) in [7, 11) is 0. The first-order valence-electron chi connectivity index (χ1n) is 28.8. The average Bonchev–Trinajstić information content (AvgIpc) is 1.87. The van der Waals surface area contributed by atoms with Crippen molar-refractivity contribution in [2.24, 2.45) is 0 Å². The highest BCUT2D eigenvalue weighted by Crippen LogP contribution is 2.33. The highest BCUT2D eigenvalue weighted by atomic mass is 79.9. The van der Waals surface area contributed by atoms with E-state index in [2.05, 4.69) is 55.5 Å². The number of carboxylic acids is 1. The number of hydrogen-bond acceptors (Lipinski definition) is 16. The molecule has 4 fully saturated rings. The molecule has 90 heavy (non-hydrogen) atoms. The van der Waals surface area contributed by atoms with Crippen molar-refractivity contribution < 1.29 is 82.8 Å². The van der Waals surface area contributed by atoms with E-state index in [-0.39, 0.29) is 105 Å². The number of imide groups is 4. The molecule has 12 rings (SSSR count). The summed E-state index contributed by atoms with van der Waals surface area (Å²) in [4.78, 5) is 159. The number of aliphatic hydroxyl groups excluding tert-OH is 3. The summed E-state index contributed by atoms with van der Waals surface area (Å²) < 4.78 is 0.907. The van der Waals surface area contributed by atoms with Crippen molar-refractivity contribution >= 4 is 92.8 Å². The van der Waals surface area contributed by atoms with Crippen molar-refractivity contribution in [3.63, 3.8) is 0 Å². The Kier molecular flexibility index (Phi) is 22.1. The third kappa shape index (κ3) is 15.7. The van der Waals surface area contributed by atoms with Crippen LogP contribution in [0.5, 0.6) is 0 Å². The van der Waals surface area contributed by atoms with Gasteiger partial charge < -0.3 is 40.0 Å². The molecule has 8 N–H and O–H groups in total. The number of aryl methyl sites for hydroxylation is 2. The van der Waals surface area contributed by atoms with Gasteiger partial charge >= 0.3 is 5.97 Å². The number of aliphatic hydroxyl groups is 3. The molecule has 8 aliphatic rings. The van der Waals surface area contributed by atoms with Gasteiger partial charge in [0.15, 0.2) is 0 Å². The number of carbonyl (C=O) groups is 13. The molecular weight excluding hydrogens is 1230 g/mol. The molecule has 0 bridgehead atoms. The fraction of sp³-hybridized carbons (Fsp3) is 0.359. The highest BCUT2D eigenvalue weighted by Gasteiger charge is 2.43. The Morgan fingerprint density at radius 3 is 1.18 bits per heavy atom. The van der Waals surface area contributed by atoms with E-state index in [4.69, 9.17) is 20.4 Å². The summed E-state index contributed by atoms with van der Waals surface area (Å²) in [6.07, 6.45) is 8.85. The van der Waals surface area contributed by atoms with E-state index in [0.29, 0.717) is 92.5 Å². The Bertz CT molecular complexity index is 3740. The number of carboxylic acid groups (broad SMARTS) is 1. The number of nitrogens with zero attached hydrogens (tertiary/aromatic N) is 4. The maximum atomic E-state index is 12.5. The van der Waals surface area contributed by atoms with Gasteiger partial charge in [0.05, 0.1) is 0 Å². The molecule has 8 aliphatic heterocycles. The quantitative estimate of drug-likeness (QED) is 0.0823. The van der Waals surface area contributed by atoms with Crippen molar-refractivity contribution in [3.05, 3.63) is 138 Å². The summed E-state index contributed by atoms with van der Waals surface area (Å²) in [5.74, 6) is 2.96. The standard InChI is InChI=1S/C16H16N2O5.C16H18N2O4.C16H14N2O4.C13H11BrN2O3.C3H4O/c19-13-5-4-12(15(22)17-13)18-8-10-7-9(2-6-14(20)21)1-3-11(10)16(18)23;2*19-7-1-2-10-3-4-12-11(8-10)9-18(16(12)22)13-5-6-14(20)17-15(13)21;14-8-1-2-9-7(5-8)6-16(13(9)19)10-3-4-11(17)15-12(10)18;1-2-3-4/h1,3,7,12H,2,4-6,8H2,(H,20,21)(H,17,19,22);3-4,8,13,19H,1-2,5-7,9H2,(H,17,20,21);3-4,8,13,19H,5-7,9H2,(H,17,20,21);1-2,5,10H,3-4,6H2,(H,15,17,18);1,4H,3H2. The zero-order valence-electron chi connectivity index (χ0n) is 48.5. The zero-order valence-corrected chi connectivity index (χ0v) is 50.1. The van der Waals surface area contributed by atoms with E-state index in [1.165, 1.54) is 9.80 Å².